The lowest BCUT2D eigenvalue weighted by molar-refractivity contribution is -0.116. The highest BCUT2D eigenvalue weighted by atomic mass is 32.1. The first-order chi connectivity index (χ1) is 12.9. The molecule has 2 aromatic heterocycles. The van der Waals surface area contributed by atoms with Crippen LogP contribution in [0.15, 0.2) is 29.3 Å². The Balaban J connectivity index is 1.64. The van der Waals surface area contributed by atoms with Gasteiger partial charge in [0.2, 0.25) is 5.91 Å². The average molecular weight is 389 g/mol. The van der Waals surface area contributed by atoms with Crippen molar-refractivity contribution in [2.75, 3.05) is 5.32 Å². The van der Waals surface area contributed by atoms with Crippen LogP contribution in [0.5, 0.6) is 0 Å². The Morgan fingerprint density at radius 2 is 2.11 bits per heavy atom. The lowest BCUT2D eigenvalue weighted by Crippen LogP contribution is -2.28. The molecule has 1 N–H and O–H groups in total. The zero-order valence-corrected chi connectivity index (χ0v) is 15.4. The Morgan fingerprint density at radius 1 is 1.37 bits per heavy atom. The fourth-order valence-corrected chi connectivity index (χ4v) is 4.77. The van der Waals surface area contributed by atoms with Crippen molar-refractivity contribution < 1.29 is 13.6 Å². The molecule has 3 aromatic rings. The number of carbonyl (C=O) groups excluding carboxylic acids is 1. The fourth-order valence-electron chi connectivity index (χ4n) is 3.43. The second kappa shape index (κ2) is 6.84. The molecule has 0 saturated carbocycles. The van der Waals surface area contributed by atoms with Crippen LogP contribution in [0.3, 0.4) is 0 Å². The number of para-hydroxylation sites is 1. The number of anilines is 1. The zero-order valence-electron chi connectivity index (χ0n) is 14.6. The number of halogens is 2. The second-order valence-electron chi connectivity index (χ2n) is 6.85. The summed E-state index contributed by atoms with van der Waals surface area (Å²) in [4.78, 5) is 31.3. The summed E-state index contributed by atoms with van der Waals surface area (Å²) in [5.74, 6) is -1.86. The second-order valence-corrected chi connectivity index (χ2v) is 7.94. The number of nitrogens with zero attached hydrogens (tertiary/aromatic N) is 2. The molecular formula is C19H17F2N3O2S. The summed E-state index contributed by atoms with van der Waals surface area (Å²) in [6, 6.07) is 3.32. The predicted molar refractivity (Wildman–Crippen MR) is 100 cm³/mol. The molecule has 0 fully saturated rings. The largest absolute Gasteiger partial charge is 0.320 e. The summed E-state index contributed by atoms with van der Waals surface area (Å²) >= 11 is 1.53. The standard InChI is InChI=1S/C19H17F2N3O2S/c1-10-5-6-11-14(7-10)27-18-16(11)19(26)24(9-22-18)8-15(25)23-17-12(20)3-2-4-13(17)21/h2-4,9-10H,5-8H2,1H3,(H,23,25)/t10-/m0/s1. The van der Waals surface area contributed by atoms with E-state index in [1.165, 1.54) is 33.2 Å². The fraction of sp³-hybridized carbons (Fsp3) is 0.316. The highest BCUT2D eigenvalue weighted by Gasteiger charge is 2.23. The van der Waals surface area contributed by atoms with Gasteiger partial charge in [0.15, 0.2) is 0 Å². The van der Waals surface area contributed by atoms with Crippen molar-refractivity contribution in [3.05, 3.63) is 57.0 Å². The maximum Gasteiger partial charge on any atom is 0.262 e. The Labute approximate surface area is 157 Å². The molecule has 0 aliphatic heterocycles. The molecule has 0 bridgehead atoms. The van der Waals surface area contributed by atoms with Gasteiger partial charge in [-0.05, 0) is 42.9 Å². The van der Waals surface area contributed by atoms with Gasteiger partial charge >= 0.3 is 0 Å². The van der Waals surface area contributed by atoms with E-state index in [1.807, 2.05) is 0 Å². The Kier molecular flexibility index (Phi) is 4.51. The topological polar surface area (TPSA) is 64.0 Å². The first kappa shape index (κ1) is 17.8. The van der Waals surface area contributed by atoms with Gasteiger partial charge in [0.25, 0.3) is 5.56 Å². The molecule has 1 aliphatic carbocycles. The SMILES string of the molecule is C[C@H]1CCc2c(sc3ncn(CC(=O)Nc4c(F)cccc4F)c(=O)c23)C1. The highest BCUT2D eigenvalue weighted by molar-refractivity contribution is 7.18. The van der Waals surface area contributed by atoms with Crippen molar-refractivity contribution in [1.29, 1.82) is 0 Å². The molecule has 0 spiro atoms. The van der Waals surface area contributed by atoms with Gasteiger partial charge in [0, 0.05) is 4.88 Å². The van der Waals surface area contributed by atoms with E-state index in [2.05, 4.69) is 17.2 Å². The molecule has 5 nitrogen and oxygen atoms in total. The number of amides is 1. The molecule has 140 valence electrons. The highest BCUT2D eigenvalue weighted by Crippen LogP contribution is 2.35. The van der Waals surface area contributed by atoms with E-state index in [9.17, 15) is 18.4 Å². The molecule has 8 heteroatoms. The smallest absolute Gasteiger partial charge is 0.262 e. The van der Waals surface area contributed by atoms with E-state index < -0.39 is 23.2 Å². The molecule has 0 unspecified atom stereocenters. The van der Waals surface area contributed by atoms with Crippen LogP contribution in [0.1, 0.15) is 23.8 Å². The van der Waals surface area contributed by atoms with Gasteiger partial charge in [-0.15, -0.1) is 11.3 Å². The zero-order chi connectivity index (χ0) is 19.1. The van der Waals surface area contributed by atoms with E-state index >= 15 is 0 Å². The van der Waals surface area contributed by atoms with Crippen molar-refractivity contribution in [3.8, 4) is 0 Å². The normalized spacial score (nSPS) is 16.3. The number of carbonyl (C=O) groups is 1. The van der Waals surface area contributed by atoms with E-state index in [-0.39, 0.29) is 12.1 Å². The Bertz CT molecular complexity index is 1090. The third kappa shape index (κ3) is 3.25. The first-order valence-corrected chi connectivity index (χ1v) is 9.49. The third-order valence-corrected chi connectivity index (χ3v) is 5.99. The summed E-state index contributed by atoms with van der Waals surface area (Å²) in [6.45, 7) is 1.82. The van der Waals surface area contributed by atoms with Crippen LogP contribution in [-0.2, 0) is 24.2 Å². The van der Waals surface area contributed by atoms with E-state index in [1.54, 1.807) is 0 Å². The first-order valence-electron chi connectivity index (χ1n) is 8.67. The molecule has 1 aromatic carbocycles. The van der Waals surface area contributed by atoms with Crippen molar-refractivity contribution in [2.24, 2.45) is 5.92 Å². The Hall–Kier alpha value is -2.61. The Morgan fingerprint density at radius 3 is 2.85 bits per heavy atom. The minimum Gasteiger partial charge on any atom is -0.320 e. The number of nitrogens with one attached hydrogen (secondary N) is 1. The number of aromatic nitrogens is 2. The van der Waals surface area contributed by atoms with Crippen LogP contribution in [0.4, 0.5) is 14.5 Å². The van der Waals surface area contributed by atoms with Crippen LogP contribution in [0.2, 0.25) is 0 Å². The molecule has 2 heterocycles. The van der Waals surface area contributed by atoms with Crippen LogP contribution < -0.4 is 10.9 Å². The quantitative estimate of drug-likeness (QED) is 0.746. The van der Waals surface area contributed by atoms with Gasteiger partial charge in [0.1, 0.15) is 28.7 Å². The van der Waals surface area contributed by atoms with E-state index in [4.69, 9.17) is 0 Å². The van der Waals surface area contributed by atoms with Gasteiger partial charge in [-0.25, -0.2) is 13.8 Å². The van der Waals surface area contributed by atoms with Crippen molar-refractivity contribution in [2.45, 2.75) is 32.7 Å². The van der Waals surface area contributed by atoms with Crippen molar-refractivity contribution >= 4 is 33.1 Å². The van der Waals surface area contributed by atoms with Crippen LogP contribution in [-0.4, -0.2) is 15.5 Å². The number of hydrogen-bond donors (Lipinski definition) is 1. The molecule has 1 aliphatic rings. The molecule has 4 rings (SSSR count). The maximum atomic E-state index is 13.7. The lowest BCUT2D eigenvalue weighted by atomic mass is 9.89. The minimum atomic E-state index is -0.870. The molecule has 0 radical (unpaired) electrons. The summed E-state index contributed by atoms with van der Waals surface area (Å²) in [5.41, 5.74) is 0.211. The van der Waals surface area contributed by atoms with Gasteiger partial charge in [-0.3, -0.25) is 14.2 Å². The maximum absolute atomic E-state index is 13.7. The van der Waals surface area contributed by atoms with E-state index in [0.717, 1.165) is 37.0 Å². The monoisotopic (exact) mass is 389 g/mol. The number of benzene rings is 1. The summed E-state index contributed by atoms with van der Waals surface area (Å²) in [6.07, 6.45) is 4.08. The van der Waals surface area contributed by atoms with E-state index in [0.29, 0.717) is 16.1 Å². The van der Waals surface area contributed by atoms with Crippen LogP contribution in [0.25, 0.3) is 10.2 Å². The summed E-state index contributed by atoms with van der Waals surface area (Å²) in [5, 5.41) is 2.75. The third-order valence-electron chi connectivity index (χ3n) is 4.82. The van der Waals surface area contributed by atoms with Crippen LogP contribution in [0, 0.1) is 17.6 Å². The van der Waals surface area contributed by atoms with Gasteiger partial charge in [0.05, 0.1) is 11.7 Å². The average Bonchev–Trinajstić information content (AvgIpc) is 2.99. The number of aryl methyl sites for hydroxylation is 1. The molecule has 1 amide bonds. The van der Waals surface area contributed by atoms with Crippen molar-refractivity contribution in [3.63, 3.8) is 0 Å². The van der Waals surface area contributed by atoms with Crippen LogP contribution >= 0.6 is 11.3 Å². The molecule has 0 saturated heterocycles. The number of thiophene rings is 1. The van der Waals surface area contributed by atoms with Crippen molar-refractivity contribution in [1.82, 2.24) is 9.55 Å². The summed E-state index contributed by atoms with van der Waals surface area (Å²) < 4.78 is 28.5. The molecular weight excluding hydrogens is 372 g/mol. The van der Waals surface area contributed by atoms with Gasteiger partial charge in [-0.1, -0.05) is 13.0 Å². The lowest BCUT2D eigenvalue weighted by Gasteiger charge is -2.17. The van der Waals surface area contributed by atoms with Gasteiger partial charge < -0.3 is 5.32 Å². The summed E-state index contributed by atoms with van der Waals surface area (Å²) in [7, 11) is 0. The predicted octanol–water partition coefficient (Wildman–Crippen LogP) is 3.50. The number of hydrogen-bond acceptors (Lipinski definition) is 4. The number of rotatable bonds is 3. The molecule has 1 atom stereocenters. The molecule has 27 heavy (non-hydrogen) atoms. The minimum absolute atomic E-state index is 0.295. The number of fused-ring (bicyclic) bond motifs is 3. The van der Waals surface area contributed by atoms with Gasteiger partial charge in [-0.2, -0.15) is 0 Å².